The van der Waals surface area contributed by atoms with E-state index in [1.165, 1.54) is 0 Å². The van der Waals surface area contributed by atoms with Crippen LogP contribution in [0.1, 0.15) is 31.1 Å². The zero-order valence-corrected chi connectivity index (χ0v) is 9.20. The van der Waals surface area contributed by atoms with Gasteiger partial charge in [0.25, 0.3) is 0 Å². The van der Waals surface area contributed by atoms with Crippen molar-refractivity contribution in [2.24, 2.45) is 5.41 Å². The van der Waals surface area contributed by atoms with Crippen molar-refractivity contribution >= 4 is 16.8 Å². The lowest BCUT2D eigenvalue weighted by atomic mass is 9.86. The molecule has 0 spiro atoms. The molecule has 0 N–H and O–H groups in total. The van der Waals surface area contributed by atoms with Crippen LogP contribution >= 0.6 is 0 Å². The van der Waals surface area contributed by atoms with Gasteiger partial charge in [0.05, 0.1) is 6.26 Å². The topological polar surface area (TPSA) is 30.2 Å². The lowest BCUT2D eigenvalue weighted by molar-refractivity contribution is 0.0858. The van der Waals surface area contributed by atoms with Crippen LogP contribution in [0, 0.1) is 5.41 Å². The molecule has 2 heteroatoms. The standard InChI is InChI=1S/C13H14O2/c1-13(2,3)12(14)10-5-4-9-6-7-15-11(9)8-10/h4-8H,1-3H3. The Morgan fingerprint density at radius 3 is 2.60 bits per heavy atom. The Kier molecular flexibility index (Phi) is 2.14. The van der Waals surface area contributed by atoms with Gasteiger partial charge in [0, 0.05) is 16.4 Å². The minimum Gasteiger partial charge on any atom is -0.464 e. The largest absolute Gasteiger partial charge is 0.464 e. The first kappa shape index (κ1) is 9.97. The highest BCUT2D eigenvalue weighted by Gasteiger charge is 2.23. The van der Waals surface area contributed by atoms with E-state index in [-0.39, 0.29) is 11.2 Å². The van der Waals surface area contributed by atoms with Gasteiger partial charge < -0.3 is 4.42 Å². The summed E-state index contributed by atoms with van der Waals surface area (Å²) < 4.78 is 5.27. The van der Waals surface area contributed by atoms with E-state index in [0.29, 0.717) is 5.56 Å². The van der Waals surface area contributed by atoms with E-state index in [1.807, 2.05) is 45.0 Å². The Labute approximate surface area is 88.9 Å². The lowest BCUT2D eigenvalue weighted by Gasteiger charge is -2.16. The van der Waals surface area contributed by atoms with Gasteiger partial charge in [0.15, 0.2) is 5.78 Å². The number of ketones is 1. The molecule has 0 aliphatic heterocycles. The summed E-state index contributed by atoms with van der Waals surface area (Å²) in [6.07, 6.45) is 1.63. The fourth-order valence-electron chi connectivity index (χ4n) is 1.53. The van der Waals surface area contributed by atoms with E-state index in [1.54, 1.807) is 6.26 Å². The highest BCUT2D eigenvalue weighted by molar-refractivity contribution is 6.02. The molecule has 0 atom stereocenters. The molecule has 2 nitrogen and oxygen atoms in total. The van der Waals surface area contributed by atoms with Crippen molar-refractivity contribution in [1.82, 2.24) is 0 Å². The van der Waals surface area contributed by atoms with Gasteiger partial charge in [-0.25, -0.2) is 0 Å². The molecule has 0 saturated heterocycles. The molecule has 0 aliphatic carbocycles. The molecule has 0 radical (unpaired) electrons. The van der Waals surface area contributed by atoms with Gasteiger partial charge in [-0.15, -0.1) is 0 Å². The molecule has 1 heterocycles. The summed E-state index contributed by atoms with van der Waals surface area (Å²) in [5.74, 6) is 0.140. The van der Waals surface area contributed by atoms with Gasteiger partial charge in [-0.3, -0.25) is 4.79 Å². The summed E-state index contributed by atoms with van der Waals surface area (Å²) in [6, 6.07) is 7.47. The second-order valence-corrected chi connectivity index (χ2v) is 4.75. The van der Waals surface area contributed by atoms with Crippen LogP contribution in [0.15, 0.2) is 34.9 Å². The average molecular weight is 202 g/mol. The molecule has 2 rings (SSSR count). The van der Waals surface area contributed by atoms with Crippen LogP contribution in [0.4, 0.5) is 0 Å². The van der Waals surface area contributed by atoms with E-state index >= 15 is 0 Å². The third-order valence-corrected chi connectivity index (χ3v) is 2.40. The third-order valence-electron chi connectivity index (χ3n) is 2.40. The van der Waals surface area contributed by atoms with Crippen LogP contribution in [-0.2, 0) is 0 Å². The zero-order chi connectivity index (χ0) is 11.1. The lowest BCUT2D eigenvalue weighted by Crippen LogP contribution is -2.19. The number of fused-ring (bicyclic) bond motifs is 1. The van der Waals surface area contributed by atoms with Crippen molar-refractivity contribution in [3.63, 3.8) is 0 Å². The van der Waals surface area contributed by atoms with E-state index in [2.05, 4.69) is 0 Å². The maximum absolute atomic E-state index is 12.0. The maximum Gasteiger partial charge on any atom is 0.168 e. The number of furan rings is 1. The van der Waals surface area contributed by atoms with E-state index in [9.17, 15) is 4.79 Å². The van der Waals surface area contributed by atoms with E-state index in [4.69, 9.17) is 4.42 Å². The number of carbonyl (C=O) groups is 1. The van der Waals surface area contributed by atoms with Crippen molar-refractivity contribution in [2.75, 3.05) is 0 Å². The minimum atomic E-state index is -0.347. The fourth-order valence-corrected chi connectivity index (χ4v) is 1.53. The quantitative estimate of drug-likeness (QED) is 0.660. The van der Waals surface area contributed by atoms with Crippen molar-refractivity contribution in [2.45, 2.75) is 20.8 Å². The average Bonchev–Trinajstić information content (AvgIpc) is 2.61. The smallest absolute Gasteiger partial charge is 0.168 e. The molecule has 0 fully saturated rings. The molecule has 0 saturated carbocycles. The van der Waals surface area contributed by atoms with Gasteiger partial charge in [0.1, 0.15) is 5.58 Å². The predicted octanol–water partition coefficient (Wildman–Crippen LogP) is 3.66. The molecular formula is C13H14O2. The van der Waals surface area contributed by atoms with Crippen LogP contribution in [0.5, 0.6) is 0 Å². The molecule has 78 valence electrons. The Morgan fingerprint density at radius 1 is 1.20 bits per heavy atom. The molecule has 0 unspecified atom stereocenters. The van der Waals surface area contributed by atoms with Crippen LogP contribution < -0.4 is 0 Å². The highest BCUT2D eigenvalue weighted by atomic mass is 16.3. The van der Waals surface area contributed by atoms with Crippen molar-refractivity contribution in [3.8, 4) is 0 Å². The number of carbonyl (C=O) groups excluding carboxylic acids is 1. The van der Waals surface area contributed by atoms with Gasteiger partial charge in [-0.1, -0.05) is 32.9 Å². The summed E-state index contributed by atoms with van der Waals surface area (Å²) in [4.78, 5) is 12.0. The summed E-state index contributed by atoms with van der Waals surface area (Å²) in [6.45, 7) is 5.75. The number of benzene rings is 1. The maximum atomic E-state index is 12.0. The van der Waals surface area contributed by atoms with Gasteiger partial charge in [-0.05, 0) is 12.1 Å². The molecule has 15 heavy (non-hydrogen) atoms. The number of Topliss-reactive ketones (excluding diaryl/α,β-unsaturated/α-hetero) is 1. The summed E-state index contributed by atoms with van der Waals surface area (Å²) in [5.41, 5.74) is 1.13. The van der Waals surface area contributed by atoms with Crippen molar-refractivity contribution in [1.29, 1.82) is 0 Å². The predicted molar refractivity (Wildman–Crippen MR) is 60.0 cm³/mol. The van der Waals surface area contributed by atoms with Crippen LogP contribution in [0.25, 0.3) is 11.0 Å². The first-order valence-electron chi connectivity index (χ1n) is 5.00. The third kappa shape index (κ3) is 1.80. The molecule has 0 aliphatic rings. The number of rotatable bonds is 1. The van der Waals surface area contributed by atoms with E-state index in [0.717, 1.165) is 11.0 Å². The van der Waals surface area contributed by atoms with Crippen LogP contribution in [0.3, 0.4) is 0 Å². The molecule has 1 aromatic heterocycles. The van der Waals surface area contributed by atoms with Crippen LogP contribution in [-0.4, -0.2) is 5.78 Å². The first-order valence-corrected chi connectivity index (χ1v) is 5.00. The minimum absolute atomic E-state index is 0.140. The monoisotopic (exact) mass is 202 g/mol. The number of hydrogen-bond donors (Lipinski definition) is 0. The van der Waals surface area contributed by atoms with Gasteiger partial charge in [-0.2, -0.15) is 0 Å². The van der Waals surface area contributed by atoms with Crippen molar-refractivity contribution in [3.05, 3.63) is 36.1 Å². The molecule has 1 aromatic carbocycles. The Bertz CT molecular complexity index is 500. The molecule has 0 bridgehead atoms. The van der Waals surface area contributed by atoms with Crippen LogP contribution in [0.2, 0.25) is 0 Å². The second-order valence-electron chi connectivity index (χ2n) is 4.75. The summed E-state index contributed by atoms with van der Waals surface area (Å²) >= 11 is 0. The number of hydrogen-bond acceptors (Lipinski definition) is 2. The fraction of sp³-hybridized carbons (Fsp3) is 0.308. The van der Waals surface area contributed by atoms with Gasteiger partial charge >= 0.3 is 0 Å². The SMILES string of the molecule is CC(C)(C)C(=O)c1ccc2ccoc2c1. The van der Waals surface area contributed by atoms with Crippen molar-refractivity contribution < 1.29 is 9.21 Å². The summed E-state index contributed by atoms with van der Waals surface area (Å²) in [7, 11) is 0. The first-order chi connectivity index (χ1) is 6.98. The zero-order valence-electron chi connectivity index (χ0n) is 9.20. The Hall–Kier alpha value is -1.57. The second kappa shape index (κ2) is 3.23. The Morgan fingerprint density at radius 2 is 1.93 bits per heavy atom. The van der Waals surface area contributed by atoms with E-state index < -0.39 is 0 Å². The molecule has 2 aromatic rings. The van der Waals surface area contributed by atoms with Gasteiger partial charge in [0.2, 0.25) is 0 Å². The highest BCUT2D eigenvalue weighted by Crippen LogP contribution is 2.24. The summed E-state index contributed by atoms with van der Waals surface area (Å²) in [5, 5.41) is 1.03. The normalized spacial score (nSPS) is 11.9. The molecule has 0 amide bonds. The molecular weight excluding hydrogens is 188 g/mol. The Balaban J connectivity index is 2.49.